The van der Waals surface area contributed by atoms with Gasteiger partial charge in [-0.3, -0.25) is 4.79 Å². The van der Waals surface area contributed by atoms with Gasteiger partial charge >= 0.3 is 0 Å². The predicted octanol–water partition coefficient (Wildman–Crippen LogP) is 2.95. The number of amides is 1. The number of benzene rings is 1. The summed E-state index contributed by atoms with van der Waals surface area (Å²) in [6.45, 7) is 3.99. The van der Waals surface area contributed by atoms with E-state index in [-0.39, 0.29) is 28.8 Å². The van der Waals surface area contributed by atoms with Gasteiger partial charge in [0.15, 0.2) is 0 Å². The molecule has 0 aromatic heterocycles. The molecule has 3 nitrogen and oxygen atoms in total. The average Bonchev–Trinajstić information content (AvgIpc) is 3.17. The minimum Gasteiger partial charge on any atom is -0.487 e. The molecule has 1 atom stereocenters. The van der Waals surface area contributed by atoms with Gasteiger partial charge in [0.2, 0.25) is 5.91 Å². The average molecular weight is 275 g/mol. The lowest BCUT2D eigenvalue weighted by Gasteiger charge is -2.38. The number of hydrogen-bond acceptors (Lipinski definition) is 2. The second kappa shape index (κ2) is 3.54. The van der Waals surface area contributed by atoms with Crippen molar-refractivity contribution < 1.29 is 13.9 Å². The molecule has 20 heavy (non-hydrogen) atoms. The van der Waals surface area contributed by atoms with Crippen molar-refractivity contribution in [3.05, 3.63) is 29.6 Å². The first-order valence-corrected chi connectivity index (χ1v) is 7.19. The van der Waals surface area contributed by atoms with E-state index in [4.69, 9.17) is 4.74 Å². The third-order valence-corrected chi connectivity index (χ3v) is 4.87. The molecule has 1 aliphatic heterocycles. The van der Waals surface area contributed by atoms with Crippen LogP contribution < -0.4 is 10.1 Å². The van der Waals surface area contributed by atoms with Crippen molar-refractivity contribution in [2.24, 2.45) is 11.3 Å². The highest BCUT2D eigenvalue weighted by Crippen LogP contribution is 2.75. The van der Waals surface area contributed by atoms with Crippen LogP contribution >= 0.6 is 0 Å². The molecule has 3 aliphatic rings. The summed E-state index contributed by atoms with van der Waals surface area (Å²) in [4.78, 5) is 12.3. The van der Waals surface area contributed by atoms with Crippen molar-refractivity contribution in [2.45, 2.75) is 44.8 Å². The van der Waals surface area contributed by atoms with Crippen molar-refractivity contribution in [1.29, 1.82) is 0 Å². The van der Waals surface area contributed by atoms with Gasteiger partial charge in [-0.05, 0) is 50.8 Å². The number of hydrogen-bond donors (Lipinski definition) is 1. The second-order valence-electron chi connectivity index (χ2n) is 7.04. The van der Waals surface area contributed by atoms with E-state index in [9.17, 15) is 9.18 Å². The Balaban J connectivity index is 1.64. The number of nitrogens with one attached hydrogen (secondary N) is 1. The quantitative estimate of drug-likeness (QED) is 0.901. The van der Waals surface area contributed by atoms with Crippen LogP contribution in [0.5, 0.6) is 5.75 Å². The van der Waals surface area contributed by atoms with Gasteiger partial charge in [-0.2, -0.15) is 0 Å². The first-order chi connectivity index (χ1) is 9.40. The predicted molar refractivity (Wildman–Crippen MR) is 71.8 cm³/mol. The Kier molecular flexibility index (Phi) is 2.16. The fourth-order valence-electron chi connectivity index (χ4n) is 3.33. The van der Waals surface area contributed by atoms with Crippen molar-refractivity contribution in [1.82, 2.24) is 5.32 Å². The molecule has 1 amide bonds. The maximum absolute atomic E-state index is 13.5. The Hall–Kier alpha value is -1.58. The monoisotopic (exact) mass is 275 g/mol. The maximum atomic E-state index is 13.5. The van der Waals surface area contributed by atoms with Crippen molar-refractivity contribution in [3.8, 4) is 5.75 Å². The molecule has 2 saturated carbocycles. The van der Waals surface area contributed by atoms with Crippen LogP contribution in [0.3, 0.4) is 0 Å². The molecule has 2 fully saturated rings. The fraction of sp³-hybridized carbons (Fsp3) is 0.562. The summed E-state index contributed by atoms with van der Waals surface area (Å²) in [5.41, 5.74) is 0.343. The van der Waals surface area contributed by atoms with Gasteiger partial charge in [-0.25, -0.2) is 4.39 Å². The van der Waals surface area contributed by atoms with Crippen LogP contribution in [0.4, 0.5) is 4.39 Å². The minimum absolute atomic E-state index is 0.0596. The maximum Gasteiger partial charge on any atom is 0.227 e. The van der Waals surface area contributed by atoms with E-state index in [1.54, 1.807) is 6.07 Å². The summed E-state index contributed by atoms with van der Waals surface area (Å²) < 4.78 is 19.4. The molecule has 1 N–H and O–H groups in total. The zero-order valence-corrected chi connectivity index (χ0v) is 11.7. The van der Waals surface area contributed by atoms with Crippen molar-refractivity contribution in [3.63, 3.8) is 0 Å². The topological polar surface area (TPSA) is 38.3 Å². The van der Waals surface area contributed by atoms with E-state index in [0.717, 1.165) is 18.4 Å². The molecular weight excluding hydrogens is 257 g/mol. The molecule has 0 radical (unpaired) electrons. The Morgan fingerprint density at radius 2 is 2.05 bits per heavy atom. The van der Waals surface area contributed by atoms with E-state index >= 15 is 0 Å². The van der Waals surface area contributed by atoms with Gasteiger partial charge in [0.25, 0.3) is 0 Å². The summed E-state index contributed by atoms with van der Waals surface area (Å²) in [7, 11) is 0. The Morgan fingerprint density at radius 3 is 2.70 bits per heavy atom. The largest absolute Gasteiger partial charge is 0.487 e. The van der Waals surface area contributed by atoms with Crippen LogP contribution in [0.25, 0.3) is 0 Å². The molecule has 0 bridgehead atoms. The van der Waals surface area contributed by atoms with E-state index in [1.807, 2.05) is 13.8 Å². The van der Waals surface area contributed by atoms with Crippen LogP contribution in [0.15, 0.2) is 18.2 Å². The first-order valence-electron chi connectivity index (χ1n) is 7.19. The molecule has 106 valence electrons. The summed E-state index contributed by atoms with van der Waals surface area (Å²) >= 11 is 0. The van der Waals surface area contributed by atoms with Crippen LogP contribution in [0.2, 0.25) is 0 Å². The van der Waals surface area contributed by atoms with Gasteiger partial charge in [0.1, 0.15) is 17.2 Å². The Bertz CT molecular complexity index is 604. The number of carbonyl (C=O) groups excluding carboxylic acids is 1. The highest BCUT2D eigenvalue weighted by molar-refractivity contribution is 5.90. The molecule has 1 unspecified atom stereocenters. The SMILES string of the molecule is CC1(C)CC(NC(=O)C23CC2C3)c2cc(F)ccc2O1. The minimum atomic E-state index is -0.354. The molecule has 4 rings (SSSR count). The molecule has 1 aromatic rings. The standard InChI is InChI=1S/C16H18FNO2/c1-15(2)8-12(18-14(19)16-6-9(16)7-16)11-5-10(17)3-4-13(11)20-15/h3-5,9,12H,6-8H2,1-2H3,(H,18,19). The zero-order valence-electron chi connectivity index (χ0n) is 11.7. The molecule has 4 heteroatoms. The third-order valence-electron chi connectivity index (χ3n) is 4.87. The Morgan fingerprint density at radius 1 is 1.35 bits per heavy atom. The van der Waals surface area contributed by atoms with Gasteiger partial charge < -0.3 is 10.1 Å². The number of rotatable bonds is 2. The summed E-state index contributed by atoms with van der Waals surface area (Å²) in [5.74, 6) is 1.14. The van der Waals surface area contributed by atoms with Crippen molar-refractivity contribution in [2.75, 3.05) is 0 Å². The number of fused-ring (bicyclic) bond motifs is 2. The molecule has 1 heterocycles. The molecule has 1 aromatic carbocycles. The normalized spacial score (nSPS) is 35.4. The molecule has 2 aliphatic carbocycles. The lowest BCUT2D eigenvalue weighted by molar-refractivity contribution is -0.125. The lowest BCUT2D eigenvalue weighted by atomic mass is 9.89. The van der Waals surface area contributed by atoms with E-state index in [1.165, 1.54) is 12.1 Å². The molecular formula is C16H18FNO2. The Labute approximate surface area is 117 Å². The number of carbonyl (C=O) groups is 1. The van der Waals surface area contributed by atoms with Crippen LogP contribution in [0, 0.1) is 17.2 Å². The summed E-state index contributed by atoms with van der Waals surface area (Å²) in [6, 6.07) is 4.37. The van der Waals surface area contributed by atoms with E-state index < -0.39 is 0 Å². The zero-order chi connectivity index (χ0) is 14.1. The smallest absolute Gasteiger partial charge is 0.227 e. The number of ether oxygens (including phenoxy) is 1. The van der Waals surface area contributed by atoms with Crippen LogP contribution in [-0.2, 0) is 4.79 Å². The summed E-state index contributed by atoms with van der Waals surface area (Å²) in [5, 5.41) is 3.12. The lowest BCUT2D eigenvalue weighted by Crippen LogP contribution is -2.42. The van der Waals surface area contributed by atoms with Gasteiger partial charge in [0, 0.05) is 12.0 Å². The van der Waals surface area contributed by atoms with Gasteiger partial charge in [-0.1, -0.05) is 0 Å². The van der Waals surface area contributed by atoms with E-state index in [2.05, 4.69) is 5.32 Å². The molecule has 0 spiro atoms. The van der Waals surface area contributed by atoms with Crippen LogP contribution in [-0.4, -0.2) is 11.5 Å². The van der Waals surface area contributed by atoms with Crippen molar-refractivity contribution >= 4 is 5.91 Å². The summed E-state index contributed by atoms with van der Waals surface area (Å²) in [6.07, 6.45) is 2.72. The first kappa shape index (κ1) is 12.2. The third kappa shape index (κ3) is 1.74. The highest BCUT2D eigenvalue weighted by Gasteiger charge is 2.74. The van der Waals surface area contributed by atoms with Crippen LogP contribution in [0.1, 0.15) is 44.7 Å². The highest BCUT2D eigenvalue weighted by atomic mass is 19.1. The van der Waals surface area contributed by atoms with Gasteiger partial charge in [-0.15, -0.1) is 0 Å². The van der Waals surface area contributed by atoms with E-state index in [0.29, 0.717) is 18.1 Å². The fourth-order valence-corrected chi connectivity index (χ4v) is 3.33. The number of halogens is 1. The van der Waals surface area contributed by atoms with Gasteiger partial charge in [0.05, 0.1) is 11.5 Å². The molecule has 0 saturated heterocycles. The second-order valence-corrected chi connectivity index (χ2v) is 7.04.